The van der Waals surface area contributed by atoms with E-state index in [-0.39, 0.29) is 11.8 Å². The van der Waals surface area contributed by atoms with E-state index in [9.17, 15) is 14.7 Å². The summed E-state index contributed by atoms with van der Waals surface area (Å²) in [4.78, 5) is 23.0. The average molecular weight is 395 g/mol. The van der Waals surface area contributed by atoms with Gasteiger partial charge in [-0.3, -0.25) is 4.79 Å². The first-order valence-corrected chi connectivity index (χ1v) is 11.7. The van der Waals surface area contributed by atoms with Gasteiger partial charge in [0.1, 0.15) is 0 Å². The fraction of sp³-hybridized carbons (Fsp3) is 0.833. The molecule has 0 aromatic carbocycles. The van der Waals surface area contributed by atoms with E-state index in [0.29, 0.717) is 12.8 Å². The summed E-state index contributed by atoms with van der Waals surface area (Å²) in [6.45, 7) is 5.99. The highest BCUT2D eigenvalue weighted by molar-refractivity contribution is 5.82. The lowest BCUT2D eigenvalue weighted by atomic mass is 9.99. The van der Waals surface area contributed by atoms with Gasteiger partial charge >= 0.3 is 0 Å². The normalized spacial score (nSPS) is 13.5. The smallest absolute Gasteiger partial charge is 0.220 e. The van der Waals surface area contributed by atoms with Gasteiger partial charge in [0.05, 0.1) is 12.0 Å². The minimum atomic E-state index is -1.19. The molecule has 0 unspecified atom stereocenters. The molecule has 0 aliphatic carbocycles. The highest BCUT2D eigenvalue weighted by atomic mass is 16.4. The Labute approximate surface area is 173 Å². The molecule has 4 nitrogen and oxygen atoms in total. The van der Waals surface area contributed by atoms with Gasteiger partial charge in [0.2, 0.25) is 5.91 Å². The molecule has 164 valence electrons. The summed E-state index contributed by atoms with van der Waals surface area (Å²) < 4.78 is 0. The number of carbonyl (C=O) groups excluding carboxylic acids is 2. The molecule has 0 aliphatic heterocycles. The lowest BCUT2D eigenvalue weighted by Crippen LogP contribution is -2.51. The quantitative estimate of drug-likeness (QED) is 0.238. The number of carbonyl (C=O) groups is 2. The fourth-order valence-electron chi connectivity index (χ4n) is 3.27. The number of allylic oxidation sites excluding steroid dienone is 2. The van der Waals surface area contributed by atoms with Crippen LogP contribution >= 0.6 is 0 Å². The molecule has 0 saturated carbocycles. The van der Waals surface area contributed by atoms with Gasteiger partial charge in [-0.05, 0) is 38.0 Å². The number of hydrogen-bond acceptors (Lipinski definition) is 3. The monoisotopic (exact) mass is 394 g/mol. The van der Waals surface area contributed by atoms with Crippen LogP contribution in [-0.4, -0.2) is 17.9 Å². The number of carboxylic acids is 1. The van der Waals surface area contributed by atoms with Crippen LogP contribution in [0.4, 0.5) is 0 Å². The first-order chi connectivity index (χ1) is 13.5. The van der Waals surface area contributed by atoms with Crippen molar-refractivity contribution in [3.05, 3.63) is 12.2 Å². The van der Waals surface area contributed by atoms with Crippen LogP contribution in [0.1, 0.15) is 117 Å². The van der Waals surface area contributed by atoms with Gasteiger partial charge < -0.3 is 15.2 Å². The van der Waals surface area contributed by atoms with Crippen molar-refractivity contribution < 1.29 is 14.7 Å². The molecule has 0 heterocycles. The topological polar surface area (TPSA) is 69.2 Å². The van der Waals surface area contributed by atoms with Crippen LogP contribution in [0.3, 0.4) is 0 Å². The maximum absolute atomic E-state index is 11.9. The van der Waals surface area contributed by atoms with Crippen molar-refractivity contribution >= 4 is 11.9 Å². The van der Waals surface area contributed by atoms with E-state index in [1.807, 2.05) is 13.8 Å². The lowest BCUT2D eigenvalue weighted by Gasteiger charge is -2.25. The first kappa shape index (κ1) is 26.7. The second-order valence-corrected chi connectivity index (χ2v) is 8.08. The Morgan fingerprint density at radius 1 is 0.821 bits per heavy atom. The van der Waals surface area contributed by atoms with Gasteiger partial charge in [-0.15, -0.1) is 0 Å². The van der Waals surface area contributed by atoms with Crippen LogP contribution < -0.4 is 10.4 Å². The van der Waals surface area contributed by atoms with Crippen LogP contribution in [0.25, 0.3) is 0 Å². The highest BCUT2D eigenvalue weighted by Gasteiger charge is 2.18. The molecular weight excluding hydrogens is 350 g/mol. The van der Waals surface area contributed by atoms with Crippen molar-refractivity contribution in [3.8, 4) is 0 Å². The molecule has 2 atom stereocenters. The van der Waals surface area contributed by atoms with Gasteiger partial charge in [-0.2, -0.15) is 0 Å². The summed E-state index contributed by atoms with van der Waals surface area (Å²) in [6.07, 6.45) is 21.6. The second-order valence-electron chi connectivity index (χ2n) is 8.08. The maximum Gasteiger partial charge on any atom is 0.220 e. The Bertz CT molecular complexity index is 420. The van der Waals surface area contributed by atoms with Gasteiger partial charge in [-0.25, -0.2) is 0 Å². The van der Waals surface area contributed by atoms with Crippen molar-refractivity contribution in [2.24, 2.45) is 5.92 Å². The molecule has 28 heavy (non-hydrogen) atoms. The molecule has 0 aliphatic rings. The van der Waals surface area contributed by atoms with Crippen molar-refractivity contribution in [1.82, 2.24) is 5.32 Å². The second kappa shape index (κ2) is 19.0. The summed E-state index contributed by atoms with van der Waals surface area (Å²) in [5.74, 6) is -1.47. The summed E-state index contributed by atoms with van der Waals surface area (Å²) in [5, 5.41) is 13.7. The van der Waals surface area contributed by atoms with Crippen molar-refractivity contribution in [3.63, 3.8) is 0 Å². The Balaban J connectivity index is 3.52. The molecule has 0 radical (unpaired) electrons. The number of rotatable bonds is 19. The van der Waals surface area contributed by atoms with E-state index >= 15 is 0 Å². The Hall–Kier alpha value is -1.32. The van der Waals surface area contributed by atoms with Gasteiger partial charge in [0, 0.05) is 6.42 Å². The van der Waals surface area contributed by atoms with Crippen molar-refractivity contribution in [2.75, 3.05) is 0 Å². The average Bonchev–Trinajstić information content (AvgIpc) is 2.68. The molecule has 0 spiro atoms. The zero-order valence-corrected chi connectivity index (χ0v) is 18.6. The molecule has 0 aromatic heterocycles. The molecule has 1 amide bonds. The number of nitrogens with one attached hydrogen (secondary N) is 1. The van der Waals surface area contributed by atoms with E-state index in [2.05, 4.69) is 24.4 Å². The third-order valence-electron chi connectivity index (χ3n) is 5.45. The number of unbranched alkanes of at least 4 members (excludes halogenated alkanes) is 11. The standard InChI is InChI=1S/C24H45NO3/c1-4-6-7-8-9-10-11-12-13-14-15-16-17-18-19-20-22(26)25-23(24(27)28)21(3)5-2/h12-13,21,23H,4-11,14-20H2,1-3H3,(H,25,26)(H,27,28)/p-1/b13-12-/t21-,23-/m0/s1. The Morgan fingerprint density at radius 2 is 1.32 bits per heavy atom. The van der Waals surface area contributed by atoms with Crippen molar-refractivity contribution in [2.45, 2.75) is 123 Å². The van der Waals surface area contributed by atoms with Crippen LogP contribution in [0, 0.1) is 5.92 Å². The molecule has 0 aromatic rings. The zero-order chi connectivity index (χ0) is 21.0. The molecule has 0 rings (SSSR count). The van der Waals surface area contributed by atoms with Gasteiger partial charge in [-0.1, -0.05) is 90.7 Å². The van der Waals surface area contributed by atoms with Crippen LogP contribution in [0.15, 0.2) is 12.2 Å². The Kier molecular flexibility index (Phi) is 18.1. The number of amides is 1. The summed E-state index contributed by atoms with van der Waals surface area (Å²) in [6, 6.07) is -0.874. The lowest BCUT2D eigenvalue weighted by molar-refractivity contribution is -0.309. The van der Waals surface area contributed by atoms with Crippen molar-refractivity contribution in [1.29, 1.82) is 0 Å². The third kappa shape index (κ3) is 15.7. The van der Waals surface area contributed by atoms with Crippen LogP contribution in [-0.2, 0) is 9.59 Å². The molecule has 4 heteroatoms. The molecule has 0 bridgehead atoms. The number of carboxylic acid groups (broad SMARTS) is 1. The summed E-state index contributed by atoms with van der Waals surface area (Å²) in [5.41, 5.74) is 0. The van der Waals surface area contributed by atoms with E-state index in [4.69, 9.17) is 0 Å². The minimum absolute atomic E-state index is 0.108. The maximum atomic E-state index is 11.9. The van der Waals surface area contributed by atoms with E-state index in [1.54, 1.807) is 0 Å². The van der Waals surface area contributed by atoms with E-state index in [1.165, 1.54) is 57.8 Å². The summed E-state index contributed by atoms with van der Waals surface area (Å²) >= 11 is 0. The predicted molar refractivity (Wildman–Crippen MR) is 116 cm³/mol. The van der Waals surface area contributed by atoms with E-state index < -0.39 is 12.0 Å². The Morgan fingerprint density at radius 3 is 1.82 bits per heavy atom. The SMILES string of the molecule is CCCCCCCC/C=C\CCCCCCCC(=O)N[C@H](C(=O)[O-])[C@@H](C)CC. The highest BCUT2D eigenvalue weighted by Crippen LogP contribution is 2.11. The first-order valence-electron chi connectivity index (χ1n) is 11.7. The number of hydrogen-bond donors (Lipinski definition) is 1. The molecule has 0 fully saturated rings. The largest absolute Gasteiger partial charge is 0.548 e. The minimum Gasteiger partial charge on any atom is -0.548 e. The predicted octanol–water partition coefficient (Wildman–Crippen LogP) is 5.30. The van der Waals surface area contributed by atoms with Gasteiger partial charge in [0.25, 0.3) is 0 Å². The summed E-state index contributed by atoms with van der Waals surface area (Å²) in [7, 11) is 0. The van der Waals surface area contributed by atoms with E-state index in [0.717, 1.165) is 25.7 Å². The molecule has 1 N–H and O–H groups in total. The fourth-order valence-corrected chi connectivity index (χ4v) is 3.27. The van der Waals surface area contributed by atoms with Crippen LogP contribution in [0.2, 0.25) is 0 Å². The molecular formula is C24H44NO3-. The number of aliphatic carboxylic acids is 1. The van der Waals surface area contributed by atoms with Gasteiger partial charge in [0.15, 0.2) is 0 Å². The third-order valence-corrected chi connectivity index (χ3v) is 5.45. The molecule has 0 saturated heterocycles. The zero-order valence-electron chi connectivity index (χ0n) is 18.6. The van der Waals surface area contributed by atoms with Crippen LogP contribution in [0.5, 0.6) is 0 Å².